The molecule has 28 heavy (non-hydrogen) atoms. The summed E-state index contributed by atoms with van der Waals surface area (Å²) >= 11 is 0. The SMILES string of the molecule is CCCCCCCCOC(=O)CCC(CCCCCCCC)n1ccnc1.N. The van der Waals surface area contributed by atoms with E-state index in [-0.39, 0.29) is 12.1 Å². The number of rotatable bonds is 18. The van der Waals surface area contributed by atoms with Crippen LogP contribution in [0.2, 0.25) is 0 Å². The molecule has 5 nitrogen and oxygen atoms in total. The van der Waals surface area contributed by atoms with Crippen LogP contribution < -0.4 is 6.15 Å². The zero-order valence-corrected chi connectivity index (χ0v) is 18.5. The number of esters is 1. The van der Waals surface area contributed by atoms with Gasteiger partial charge in [-0.05, 0) is 19.3 Å². The zero-order valence-electron chi connectivity index (χ0n) is 18.5. The predicted molar refractivity (Wildman–Crippen MR) is 118 cm³/mol. The summed E-state index contributed by atoms with van der Waals surface area (Å²) in [6.07, 6.45) is 23.3. The minimum atomic E-state index is -0.0448. The number of carbonyl (C=O) groups excluding carboxylic acids is 1. The highest BCUT2D eigenvalue weighted by molar-refractivity contribution is 5.69. The van der Waals surface area contributed by atoms with Crippen molar-refractivity contribution < 1.29 is 9.53 Å². The zero-order chi connectivity index (χ0) is 19.6. The molecule has 1 atom stereocenters. The summed E-state index contributed by atoms with van der Waals surface area (Å²) in [7, 11) is 0. The van der Waals surface area contributed by atoms with Crippen molar-refractivity contribution >= 4 is 5.97 Å². The van der Waals surface area contributed by atoms with Gasteiger partial charge in [0.1, 0.15) is 0 Å². The molecule has 0 saturated carbocycles. The third-order valence-electron chi connectivity index (χ3n) is 5.28. The van der Waals surface area contributed by atoms with E-state index in [0.29, 0.717) is 19.1 Å². The molecule has 0 saturated heterocycles. The smallest absolute Gasteiger partial charge is 0.305 e. The Morgan fingerprint density at radius 1 is 0.893 bits per heavy atom. The third kappa shape index (κ3) is 13.8. The van der Waals surface area contributed by atoms with Gasteiger partial charge >= 0.3 is 5.97 Å². The number of carbonyl (C=O) groups is 1. The molecule has 164 valence electrons. The van der Waals surface area contributed by atoms with Crippen molar-refractivity contribution in [2.24, 2.45) is 0 Å². The highest BCUT2D eigenvalue weighted by Crippen LogP contribution is 2.22. The lowest BCUT2D eigenvalue weighted by Gasteiger charge is -2.18. The maximum Gasteiger partial charge on any atom is 0.305 e. The van der Waals surface area contributed by atoms with Crippen LogP contribution in [0.15, 0.2) is 18.7 Å². The molecule has 0 amide bonds. The second-order valence-corrected chi connectivity index (χ2v) is 7.75. The van der Waals surface area contributed by atoms with Crippen LogP contribution in [0.25, 0.3) is 0 Å². The Bertz CT molecular complexity index is 449. The molecule has 3 N–H and O–H groups in total. The number of imidazole rings is 1. The van der Waals surface area contributed by atoms with Crippen molar-refractivity contribution in [3.05, 3.63) is 18.7 Å². The first-order valence-corrected chi connectivity index (χ1v) is 11.4. The van der Waals surface area contributed by atoms with Crippen LogP contribution in [0.3, 0.4) is 0 Å². The van der Waals surface area contributed by atoms with Gasteiger partial charge in [-0.3, -0.25) is 4.79 Å². The molecule has 5 heteroatoms. The summed E-state index contributed by atoms with van der Waals surface area (Å²) in [5, 5.41) is 0. The summed E-state index contributed by atoms with van der Waals surface area (Å²) in [6, 6.07) is 0.361. The standard InChI is InChI=1S/C23H42N2O2.H3N/c1-3-5-7-9-11-13-15-22(25-19-18-24-21-25)16-17-23(26)27-20-14-12-10-8-6-4-2;/h18-19,21-22H,3-17,20H2,1-2H3;1H3. The Labute approximate surface area is 173 Å². The molecular weight excluding hydrogens is 350 g/mol. The number of aromatic nitrogens is 2. The lowest BCUT2D eigenvalue weighted by Crippen LogP contribution is -2.12. The normalized spacial score (nSPS) is 11.8. The van der Waals surface area contributed by atoms with Crippen molar-refractivity contribution in [2.45, 2.75) is 116 Å². The van der Waals surface area contributed by atoms with Gasteiger partial charge in [-0.25, -0.2) is 4.98 Å². The molecule has 0 aliphatic carbocycles. The molecule has 0 aromatic carbocycles. The van der Waals surface area contributed by atoms with E-state index in [1.165, 1.54) is 70.6 Å². The molecule has 1 rings (SSSR count). The van der Waals surface area contributed by atoms with Crippen LogP contribution in [-0.4, -0.2) is 22.1 Å². The highest BCUT2D eigenvalue weighted by Gasteiger charge is 2.13. The Kier molecular flexibility index (Phi) is 18.1. The van der Waals surface area contributed by atoms with E-state index in [1.54, 1.807) is 0 Å². The van der Waals surface area contributed by atoms with Crippen LogP contribution in [0.1, 0.15) is 116 Å². The van der Waals surface area contributed by atoms with Crippen molar-refractivity contribution in [1.29, 1.82) is 0 Å². The van der Waals surface area contributed by atoms with Crippen molar-refractivity contribution in [3.63, 3.8) is 0 Å². The van der Waals surface area contributed by atoms with Crippen molar-refractivity contribution in [3.8, 4) is 0 Å². The van der Waals surface area contributed by atoms with Gasteiger partial charge in [0.25, 0.3) is 0 Å². The summed E-state index contributed by atoms with van der Waals surface area (Å²) in [4.78, 5) is 16.2. The Balaban J connectivity index is 0.00000729. The molecule has 0 fully saturated rings. The fraction of sp³-hybridized carbons (Fsp3) is 0.826. The fourth-order valence-corrected chi connectivity index (χ4v) is 3.51. The average Bonchev–Trinajstić information content (AvgIpc) is 3.20. The van der Waals surface area contributed by atoms with E-state index in [1.807, 2.05) is 18.7 Å². The summed E-state index contributed by atoms with van der Waals surface area (Å²) in [6.45, 7) is 5.06. The summed E-state index contributed by atoms with van der Waals surface area (Å²) < 4.78 is 7.58. The maximum absolute atomic E-state index is 12.1. The van der Waals surface area contributed by atoms with E-state index in [0.717, 1.165) is 19.3 Å². The predicted octanol–water partition coefficient (Wildman–Crippen LogP) is 7.02. The average molecular weight is 396 g/mol. The second-order valence-electron chi connectivity index (χ2n) is 7.75. The lowest BCUT2D eigenvalue weighted by molar-refractivity contribution is -0.144. The largest absolute Gasteiger partial charge is 0.466 e. The molecule has 1 unspecified atom stereocenters. The van der Waals surface area contributed by atoms with E-state index < -0.39 is 0 Å². The number of hydrogen-bond acceptors (Lipinski definition) is 4. The first-order chi connectivity index (χ1) is 13.3. The molecule has 0 spiro atoms. The van der Waals surface area contributed by atoms with Crippen molar-refractivity contribution in [1.82, 2.24) is 15.7 Å². The van der Waals surface area contributed by atoms with Gasteiger partial charge in [0, 0.05) is 24.9 Å². The number of unbranched alkanes of at least 4 members (excludes halogenated alkanes) is 10. The molecule has 1 aromatic rings. The molecule has 1 heterocycles. The van der Waals surface area contributed by atoms with Gasteiger partial charge in [0.15, 0.2) is 0 Å². The van der Waals surface area contributed by atoms with Crippen LogP contribution in [0.4, 0.5) is 0 Å². The molecule has 0 aliphatic heterocycles. The quantitative estimate of drug-likeness (QED) is 0.214. The monoisotopic (exact) mass is 395 g/mol. The minimum absolute atomic E-state index is 0. The Morgan fingerprint density at radius 2 is 1.50 bits per heavy atom. The first-order valence-electron chi connectivity index (χ1n) is 11.4. The van der Waals surface area contributed by atoms with E-state index >= 15 is 0 Å². The third-order valence-corrected chi connectivity index (χ3v) is 5.28. The summed E-state index contributed by atoms with van der Waals surface area (Å²) in [5.74, 6) is -0.0448. The van der Waals surface area contributed by atoms with Crippen LogP contribution in [0, 0.1) is 0 Å². The lowest BCUT2D eigenvalue weighted by atomic mass is 10.0. The molecule has 1 aromatic heterocycles. The van der Waals surface area contributed by atoms with Gasteiger partial charge in [-0.15, -0.1) is 0 Å². The van der Waals surface area contributed by atoms with Crippen molar-refractivity contribution in [2.75, 3.05) is 6.61 Å². The van der Waals surface area contributed by atoms with Gasteiger partial charge in [0.2, 0.25) is 0 Å². The minimum Gasteiger partial charge on any atom is -0.466 e. The Hall–Kier alpha value is -1.36. The number of hydrogen-bond donors (Lipinski definition) is 1. The van der Waals surface area contributed by atoms with Gasteiger partial charge < -0.3 is 15.5 Å². The Morgan fingerprint density at radius 3 is 2.11 bits per heavy atom. The topological polar surface area (TPSA) is 79.1 Å². The summed E-state index contributed by atoms with van der Waals surface area (Å²) in [5.41, 5.74) is 0. The van der Waals surface area contributed by atoms with Crippen LogP contribution >= 0.6 is 0 Å². The highest BCUT2D eigenvalue weighted by atomic mass is 16.5. The molecule has 0 radical (unpaired) electrons. The van der Waals surface area contributed by atoms with Gasteiger partial charge in [0.05, 0.1) is 12.9 Å². The van der Waals surface area contributed by atoms with Crippen LogP contribution in [-0.2, 0) is 9.53 Å². The van der Waals surface area contributed by atoms with Gasteiger partial charge in [-0.1, -0.05) is 84.5 Å². The van der Waals surface area contributed by atoms with E-state index in [2.05, 4.69) is 23.4 Å². The molecular formula is C23H45N3O2. The van der Waals surface area contributed by atoms with E-state index in [4.69, 9.17) is 4.74 Å². The molecule has 0 aliphatic rings. The number of ether oxygens (including phenoxy) is 1. The molecule has 0 bridgehead atoms. The fourth-order valence-electron chi connectivity index (χ4n) is 3.51. The second kappa shape index (κ2) is 19.0. The maximum atomic E-state index is 12.1. The van der Waals surface area contributed by atoms with Gasteiger partial charge in [-0.2, -0.15) is 0 Å². The first kappa shape index (κ1) is 26.6. The van der Waals surface area contributed by atoms with E-state index in [9.17, 15) is 4.79 Å². The van der Waals surface area contributed by atoms with Crippen LogP contribution in [0.5, 0.6) is 0 Å². The number of nitrogens with zero attached hydrogens (tertiary/aromatic N) is 2.